The molecule has 2 aromatic carbocycles. The van der Waals surface area contributed by atoms with Crippen LogP contribution in [-0.2, 0) is 6.54 Å². The predicted octanol–water partition coefficient (Wildman–Crippen LogP) is 4.21. The molecule has 3 aromatic rings. The van der Waals surface area contributed by atoms with Crippen molar-refractivity contribution in [1.29, 1.82) is 0 Å². The fourth-order valence-corrected chi connectivity index (χ4v) is 2.85. The van der Waals surface area contributed by atoms with Crippen molar-refractivity contribution in [2.45, 2.75) is 6.54 Å². The second kappa shape index (κ2) is 7.11. The van der Waals surface area contributed by atoms with E-state index in [0.717, 1.165) is 10.0 Å². The first-order valence-electron chi connectivity index (χ1n) is 7.16. The first-order valence-corrected chi connectivity index (χ1v) is 8.33. The monoisotopic (exact) mass is 402 g/mol. The van der Waals surface area contributed by atoms with Crippen LogP contribution in [0.5, 0.6) is 0 Å². The third-order valence-corrected chi connectivity index (χ3v) is 4.42. The molecule has 120 valence electrons. The largest absolute Gasteiger partial charge is 0.292 e. The Kier molecular flexibility index (Phi) is 4.92. The fourth-order valence-electron chi connectivity index (χ4n) is 2.24. The van der Waals surface area contributed by atoms with Gasteiger partial charge in [-0.1, -0.05) is 45.7 Å². The Morgan fingerprint density at radius 2 is 1.75 bits per heavy atom. The number of aromatic nitrogens is 2. The highest BCUT2D eigenvalue weighted by atomic mass is 79.9. The number of hydrogen-bond donors (Lipinski definition) is 0. The molecule has 0 unspecified atom stereocenters. The maximum Gasteiger partial charge on any atom is 0.267 e. The third-order valence-electron chi connectivity index (χ3n) is 3.48. The minimum atomic E-state index is -0.326. The highest BCUT2D eigenvalue weighted by Gasteiger charge is 2.11. The molecule has 6 heteroatoms. The molecular weight excluding hydrogens is 392 g/mol. The SMILES string of the molecule is O=C(Cn1nc(-c2ccccc2Br)ccc1=O)c1ccc(Cl)cc1. The van der Waals surface area contributed by atoms with Crippen LogP contribution >= 0.6 is 27.5 Å². The van der Waals surface area contributed by atoms with E-state index < -0.39 is 0 Å². The van der Waals surface area contributed by atoms with Crippen molar-refractivity contribution < 1.29 is 4.79 Å². The quantitative estimate of drug-likeness (QED) is 0.613. The summed E-state index contributed by atoms with van der Waals surface area (Å²) < 4.78 is 2.04. The van der Waals surface area contributed by atoms with E-state index >= 15 is 0 Å². The molecule has 3 rings (SSSR count). The lowest BCUT2D eigenvalue weighted by Crippen LogP contribution is -2.26. The second-order valence-electron chi connectivity index (χ2n) is 5.12. The van der Waals surface area contributed by atoms with Crippen molar-refractivity contribution in [3.63, 3.8) is 0 Å². The number of carbonyl (C=O) groups is 1. The minimum Gasteiger partial charge on any atom is -0.292 e. The number of ketones is 1. The van der Waals surface area contributed by atoms with Gasteiger partial charge in [-0.3, -0.25) is 9.59 Å². The normalized spacial score (nSPS) is 10.6. The summed E-state index contributed by atoms with van der Waals surface area (Å²) in [5, 5.41) is 4.87. The Balaban J connectivity index is 1.92. The zero-order chi connectivity index (χ0) is 17.1. The first kappa shape index (κ1) is 16.6. The van der Waals surface area contributed by atoms with E-state index in [1.807, 2.05) is 24.3 Å². The predicted molar refractivity (Wildman–Crippen MR) is 97.4 cm³/mol. The van der Waals surface area contributed by atoms with Gasteiger partial charge in [0.25, 0.3) is 5.56 Å². The number of benzene rings is 2. The van der Waals surface area contributed by atoms with Gasteiger partial charge in [0.05, 0.1) is 5.69 Å². The van der Waals surface area contributed by atoms with Crippen molar-refractivity contribution in [3.05, 3.63) is 86.1 Å². The number of rotatable bonds is 4. The molecule has 0 atom stereocenters. The van der Waals surface area contributed by atoms with Gasteiger partial charge in [-0.15, -0.1) is 0 Å². The lowest BCUT2D eigenvalue weighted by atomic mass is 10.1. The van der Waals surface area contributed by atoms with E-state index in [1.54, 1.807) is 30.3 Å². The van der Waals surface area contributed by atoms with Crippen LogP contribution in [0.2, 0.25) is 5.02 Å². The molecule has 0 N–H and O–H groups in total. The molecule has 0 aliphatic heterocycles. The zero-order valence-corrected chi connectivity index (χ0v) is 14.8. The Hall–Kier alpha value is -2.24. The van der Waals surface area contributed by atoms with E-state index in [4.69, 9.17) is 11.6 Å². The maximum absolute atomic E-state index is 12.3. The lowest BCUT2D eigenvalue weighted by molar-refractivity contribution is 0.0966. The van der Waals surface area contributed by atoms with E-state index in [-0.39, 0.29) is 17.9 Å². The molecule has 0 bridgehead atoms. The molecule has 24 heavy (non-hydrogen) atoms. The van der Waals surface area contributed by atoms with Crippen LogP contribution in [0.1, 0.15) is 10.4 Å². The highest BCUT2D eigenvalue weighted by Crippen LogP contribution is 2.25. The van der Waals surface area contributed by atoms with Crippen molar-refractivity contribution in [1.82, 2.24) is 9.78 Å². The van der Waals surface area contributed by atoms with Gasteiger partial charge in [-0.2, -0.15) is 5.10 Å². The summed E-state index contributed by atoms with van der Waals surface area (Å²) in [6, 6.07) is 17.2. The number of hydrogen-bond acceptors (Lipinski definition) is 3. The molecule has 4 nitrogen and oxygen atoms in total. The summed E-state index contributed by atoms with van der Waals surface area (Å²) in [5.74, 6) is -0.203. The van der Waals surface area contributed by atoms with E-state index in [1.165, 1.54) is 10.7 Å². The molecule has 0 spiro atoms. The average Bonchev–Trinajstić information content (AvgIpc) is 2.58. The topological polar surface area (TPSA) is 52.0 Å². The van der Waals surface area contributed by atoms with Crippen LogP contribution in [0.25, 0.3) is 11.3 Å². The molecule has 0 saturated heterocycles. The van der Waals surface area contributed by atoms with Crippen molar-refractivity contribution >= 4 is 33.3 Å². The second-order valence-corrected chi connectivity index (χ2v) is 6.42. The number of halogens is 2. The Morgan fingerprint density at radius 1 is 1.04 bits per heavy atom. The Morgan fingerprint density at radius 3 is 2.46 bits per heavy atom. The van der Waals surface area contributed by atoms with E-state index in [0.29, 0.717) is 16.3 Å². The van der Waals surface area contributed by atoms with Crippen LogP contribution in [0.3, 0.4) is 0 Å². The minimum absolute atomic E-state index is 0.126. The Labute approximate surface area is 151 Å². The number of carbonyl (C=O) groups excluding carboxylic acids is 1. The molecule has 0 fully saturated rings. The summed E-state index contributed by atoms with van der Waals surface area (Å²) in [5.41, 5.74) is 1.63. The highest BCUT2D eigenvalue weighted by molar-refractivity contribution is 9.10. The molecule has 0 aliphatic rings. The average molecular weight is 404 g/mol. The van der Waals surface area contributed by atoms with Crippen LogP contribution in [0, 0.1) is 0 Å². The number of Topliss-reactive ketones (excluding diaryl/α,β-unsaturated/α-hetero) is 1. The van der Waals surface area contributed by atoms with Crippen molar-refractivity contribution in [3.8, 4) is 11.3 Å². The number of nitrogens with zero attached hydrogens (tertiary/aromatic N) is 2. The van der Waals surface area contributed by atoms with Gasteiger partial charge in [-0.25, -0.2) is 4.68 Å². The van der Waals surface area contributed by atoms with Gasteiger partial charge in [0.1, 0.15) is 6.54 Å². The molecule has 1 aromatic heterocycles. The summed E-state index contributed by atoms with van der Waals surface area (Å²) in [7, 11) is 0. The van der Waals surface area contributed by atoms with E-state index in [9.17, 15) is 9.59 Å². The van der Waals surface area contributed by atoms with Crippen LogP contribution in [-0.4, -0.2) is 15.6 Å². The maximum atomic E-state index is 12.3. The van der Waals surface area contributed by atoms with Gasteiger partial charge >= 0.3 is 0 Å². The molecule has 0 amide bonds. The summed E-state index contributed by atoms with van der Waals surface area (Å²) >= 11 is 9.29. The summed E-state index contributed by atoms with van der Waals surface area (Å²) in [6.45, 7) is -0.126. The smallest absolute Gasteiger partial charge is 0.267 e. The fraction of sp³-hybridized carbons (Fsp3) is 0.0556. The van der Waals surface area contributed by atoms with Gasteiger partial charge in [0.2, 0.25) is 0 Å². The van der Waals surface area contributed by atoms with Crippen LogP contribution in [0.15, 0.2) is 69.9 Å². The Bertz CT molecular complexity index is 952. The van der Waals surface area contributed by atoms with Crippen molar-refractivity contribution in [2.24, 2.45) is 0 Å². The lowest BCUT2D eigenvalue weighted by Gasteiger charge is -2.08. The standard InChI is InChI=1S/C18H12BrClN2O2/c19-15-4-2-1-3-14(15)16-9-10-18(24)22(21-16)11-17(23)12-5-7-13(20)8-6-12/h1-10H,11H2. The molecular formula is C18H12BrClN2O2. The molecule has 0 aliphatic carbocycles. The van der Waals surface area contributed by atoms with Gasteiger partial charge in [-0.05, 0) is 36.4 Å². The molecule has 0 radical (unpaired) electrons. The van der Waals surface area contributed by atoms with E-state index in [2.05, 4.69) is 21.0 Å². The van der Waals surface area contributed by atoms with Gasteiger partial charge in [0.15, 0.2) is 5.78 Å². The van der Waals surface area contributed by atoms with Gasteiger partial charge < -0.3 is 0 Å². The van der Waals surface area contributed by atoms with Crippen LogP contribution < -0.4 is 5.56 Å². The first-order chi connectivity index (χ1) is 11.5. The molecule has 1 heterocycles. The summed E-state index contributed by atoms with van der Waals surface area (Å²) in [6.07, 6.45) is 0. The zero-order valence-electron chi connectivity index (χ0n) is 12.4. The van der Waals surface area contributed by atoms with Crippen molar-refractivity contribution in [2.75, 3.05) is 0 Å². The van der Waals surface area contributed by atoms with Gasteiger partial charge in [0, 0.05) is 26.7 Å². The van der Waals surface area contributed by atoms with Crippen LogP contribution in [0.4, 0.5) is 0 Å². The summed E-state index contributed by atoms with van der Waals surface area (Å²) in [4.78, 5) is 24.4. The molecule has 0 saturated carbocycles. The third kappa shape index (κ3) is 3.63.